The second kappa shape index (κ2) is 5.67. The van der Waals surface area contributed by atoms with Crippen LogP contribution >= 0.6 is 11.6 Å². The normalized spacial score (nSPS) is 15.1. The predicted octanol–water partition coefficient (Wildman–Crippen LogP) is 2.86. The highest BCUT2D eigenvalue weighted by molar-refractivity contribution is 6.30. The zero-order valence-electron chi connectivity index (χ0n) is 10.3. The SMILES string of the molecule is CCN(CC)CC(C)(N)c1ccc(Cl)cc1. The minimum absolute atomic E-state index is 0.323. The summed E-state index contributed by atoms with van der Waals surface area (Å²) in [7, 11) is 0. The molecule has 1 aromatic carbocycles. The Balaban J connectivity index is 2.80. The third kappa shape index (κ3) is 3.48. The Labute approximate surface area is 103 Å². The van der Waals surface area contributed by atoms with E-state index in [2.05, 4.69) is 25.7 Å². The van der Waals surface area contributed by atoms with Crippen molar-refractivity contribution in [3.63, 3.8) is 0 Å². The van der Waals surface area contributed by atoms with Crippen LogP contribution in [0.25, 0.3) is 0 Å². The number of halogens is 1. The molecule has 16 heavy (non-hydrogen) atoms. The quantitative estimate of drug-likeness (QED) is 0.858. The first-order valence-corrected chi connectivity index (χ1v) is 6.14. The fourth-order valence-electron chi connectivity index (χ4n) is 1.83. The van der Waals surface area contributed by atoms with E-state index >= 15 is 0 Å². The van der Waals surface area contributed by atoms with E-state index < -0.39 is 0 Å². The van der Waals surface area contributed by atoms with Crippen LogP contribution in [0.4, 0.5) is 0 Å². The van der Waals surface area contributed by atoms with Crippen LogP contribution in [-0.2, 0) is 5.54 Å². The van der Waals surface area contributed by atoms with E-state index in [1.807, 2.05) is 24.3 Å². The Bertz CT molecular complexity index is 315. The van der Waals surface area contributed by atoms with E-state index in [4.69, 9.17) is 17.3 Å². The third-order valence-electron chi connectivity index (χ3n) is 2.95. The molecule has 0 saturated carbocycles. The molecule has 3 heteroatoms. The Kier molecular flexibility index (Phi) is 4.78. The summed E-state index contributed by atoms with van der Waals surface area (Å²) in [5.74, 6) is 0. The second-order valence-electron chi connectivity index (χ2n) is 4.39. The van der Waals surface area contributed by atoms with Gasteiger partial charge in [0, 0.05) is 11.6 Å². The van der Waals surface area contributed by atoms with Crippen molar-refractivity contribution >= 4 is 11.6 Å². The molecule has 1 aromatic rings. The molecule has 0 spiro atoms. The number of likely N-dealkylation sites (N-methyl/N-ethyl adjacent to an activating group) is 1. The lowest BCUT2D eigenvalue weighted by Gasteiger charge is -2.31. The van der Waals surface area contributed by atoms with Crippen LogP contribution in [0.2, 0.25) is 5.02 Å². The van der Waals surface area contributed by atoms with Crippen LogP contribution in [0, 0.1) is 0 Å². The zero-order valence-corrected chi connectivity index (χ0v) is 11.1. The Hall–Kier alpha value is -0.570. The summed E-state index contributed by atoms with van der Waals surface area (Å²) in [4.78, 5) is 2.33. The van der Waals surface area contributed by atoms with Gasteiger partial charge >= 0.3 is 0 Å². The molecule has 1 rings (SSSR count). The zero-order chi connectivity index (χ0) is 12.2. The maximum absolute atomic E-state index is 6.36. The minimum atomic E-state index is -0.323. The molecule has 0 aliphatic heterocycles. The molecular weight excluding hydrogens is 220 g/mol. The topological polar surface area (TPSA) is 29.3 Å². The van der Waals surface area contributed by atoms with Crippen molar-refractivity contribution < 1.29 is 0 Å². The highest BCUT2D eigenvalue weighted by Gasteiger charge is 2.23. The van der Waals surface area contributed by atoms with Crippen molar-refractivity contribution in [3.8, 4) is 0 Å². The standard InChI is InChI=1S/C13H21ClN2/c1-4-16(5-2)10-13(3,15)11-6-8-12(14)9-7-11/h6-9H,4-5,10,15H2,1-3H3. The average Bonchev–Trinajstić information content (AvgIpc) is 2.26. The number of hydrogen-bond donors (Lipinski definition) is 1. The van der Waals surface area contributed by atoms with Crippen molar-refractivity contribution in [2.24, 2.45) is 5.73 Å². The van der Waals surface area contributed by atoms with E-state index in [1.54, 1.807) is 0 Å². The van der Waals surface area contributed by atoms with Crippen LogP contribution in [0.15, 0.2) is 24.3 Å². The van der Waals surface area contributed by atoms with Gasteiger partial charge in [-0.25, -0.2) is 0 Å². The first-order chi connectivity index (χ1) is 7.49. The monoisotopic (exact) mass is 240 g/mol. The van der Waals surface area contributed by atoms with Crippen LogP contribution in [0.1, 0.15) is 26.3 Å². The maximum atomic E-state index is 6.36. The Morgan fingerprint density at radius 3 is 2.12 bits per heavy atom. The summed E-state index contributed by atoms with van der Waals surface area (Å²) in [6.45, 7) is 9.28. The summed E-state index contributed by atoms with van der Waals surface area (Å²) in [5.41, 5.74) is 7.16. The summed E-state index contributed by atoms with van der Waals surface area (Å²) < 4.78 is 0. The van der Waals surface area contributed by atoms with Crippen molar-refractivity contribution in [2.75, 3.05) is 19.6 Å². The number of benzene rings is 1. The Morgan fingerprint density at radius 1 is 1.19 bits per heavy atom. The molecule has 0 bridgehead atoms. The lowest BCUT2D eigenvalue weighted by molar-refractivity contribution is 0.237. The van der Waals surface area contributed by atoms with Crippen molar-refractivity contribution in [1.82, 2.24) is 4.90 Å². The van der Waals surface area contributed by atoms with Crippen molar-refractivity contribution in [3.05, 3.63) is 34.9 Å². The molecule has 0 aliphatic rings. The van der Waals surface area contributed by atoms with Crippen LogP contribution in [-0.4, -0.2) is 24.5 Å². The average molecular weight is 241 g/mol. The van der Waals surface area contributed by atoms with Crippen LogP contribution in [0.3, 0.4) is 0 Å². The third-order valence-corrected chi connectivity index (χ3v) is 3.20. The fraction of sp³-hybridized carbons (Fsp3) is 0.538. The minimum Gasteiger partial charge on any atom is -0.321 e. The molecule has 1 unspecified atom stereocenters. The van der Waals surface area contributed by atoms with Gasteiger partial charge in [0.05, 0.1) is 5.54 Å². The Morgan fingerprint density at radius 2 is 1.69 bits per heavy atom. The molecule has 2 nitrogen and oxygen atoms in total. The van der Waals surface area contributed by atoms with Crippen molar-refractivity contribution in [2.45, 2.75) is 26.3 Å². The van der Waals surface area contributed by atoms with Gasteiger partial charge in [0.2, 0.25) is 0 Å². The van der Waals surface area contributed by atoms with Crippen molar-refractivity contribution in [1.29, 1.82) is 0 Å². The first-order valence-electron chi connectivity index (χ1n) is 5.77. The molecule has 0 fully saturated rings. The number of nitrogens with zero attached hydrogens (tertiary/aromatic N) is 1. The summed E-state index contributed by atoms with van der Waals surface area (Å²) in [6, 6.07) is 7.80. The number of hydrogen-bond acceptors (Lipinski definition) is 2. The molecule has 0 aliphatic carbocycles. The molecule has 2 N–H and O–H groups in total. The van der Waals surface area contributed by atoms with E-state index in [9.17, 15) is 0 Å². The molecule has 0 amide bonds. The van der Waals surface area contributed by atoms with Gasteiger partial charge in [-0.3, -0.25) is 0 Å². The van der Waals surface area contributed by atoms with Gasteiger partial charge in [-0.2, -0.15) is 0 Å². The van der Waals surface area contributed by atoms with Gasteiger partial charge < -0.3 is 10.6 Å². The van der Waals surface area contributed by atoms with E-state index in [1.165, 1.54) is 0 Å². The number of nitrogens with two attached hydrogens (primary N) is 1. The van der Waals surface area contributed by atoms with E-state index in [-0.39, 0.29) is 5.54 Å². The van der Waals surface area contributed by atoms with Gasteiger partial charge in [-0.05, 0) is 37.7 Å². The largest absolute Gasteiger partial charge is 0.321 e. The van der Waals surface area contributed by atoms with Gasteiger partial charge in [-0.1, -0.05) is 37.6 Å². The van der Waals surface area contributed by atoms with Gasteiger partial charge in [0.1, 0.15) is 0 Å². The van der Waals surface area contributed by atoms with Gasteiger partial charge in [-0.15, -0.1) is 0 Å². The molecule has 1 atom stereocenters. The van der Waals surface area contributed by atoms with Crippen LogP contribution in [0.5, 0.6) is 0 Å². The molecule has 0 saturated heterocycles. The lowest BCUT2D eigenvalue weighted by atomic mass is 9.92. The number of rotatable bonds is 5. The van der Waals surface area contributed by atoms with Gasteiger partial charge in [0.15, 0.2) is 0 Å². The van der Waals surface area contributed by atoms with E-state index in [0.29, 0.717) is 0 Å². The molecule has 0 heterocycles. The first kappa shape index (κ1) is 13.5. The van der Waals surface area contributed by atoms with Crippen LogP contribution < -0.4 is 5.73 Å². The molecule has 0 aromatic heterocycles. The summed E-state index contributed by atoms with van der Waals surface area (Å²) in [5, 5.41) is 0.752. The maximum Gasteiger partial charge on any atom is 0.0509 e. The molecular formula is C13H21ClN2. The van der Waals surface area contributed by atoms with E-state index in [0.717, 1.165) is 30.2 Å². The molecule has 0 radical (unpaired) electrons. The second-order valence-corrected chi connectivity index (χ2v) is 4.82. The summed E-state index contributed by atoms with van der Waals surface area (Å²) in [6.07, 6.45) is 0. The van der Waals surface area contributed by atoms with Gasteiger partial charge in [0.25, 0.3) is 0 Å². The molecule has 90 valence electrons. The lowest BCUT2D eigenvalue weighted by Crippen LogP contribution is -2.45. The smallest absolute Gasteiger partial charge is 0.0509 e. The summed E-state index contributed by atoms with van der Waals surface area (Å²) >= 11 is 5.87. The highest BCUT2D eigenvalue weighted by atomic mass is 35.5. The highest BCUT2D eigenvalue weighted by Crippen LogP contribution is 2.21. The predicted molar refractivity (Wildman–Crippen MR) is 70.8 cm³/mol. The fourth-order valence-corrected chi connectivity index (χ4v) is 1.96.